The Morgan fingerprint density at radius 2 is 0.811 bits per heavy atom. The van der Waals surface area contributed by atoms with Crippen LogP contribution in [0.15, 0.2) is 223 Å². The number of halogens is 3. The lowest BCUT2D eigenvalue weighted by atomic mass is 10.0. The molecule has 10 aromatic carbocycles. The quantitative estimate of drug-likeness (QED) is 0.126. The number of anilines is 4. The predicted molar refractivity (Wildman–Crippen MR) is 308 cm³/mol. The van der Waals surface area contributed by atoms with Crippen LogP contribution in [0.4, 0.5) is 31.5 Å². The van der Waals surface area contributed by atoms with Crippen molar-refractivity contribution in [2.45, 2.75) is 27.7 Å². The van der Waals surface area contributed by atoms with Crippen molar-refractivity contribution in [2.24, 2.45) is 0 Å². The summed E-state index contributed by atoms with van der Waals surface area (Å²) >= 11 is 3.54. The van der Waals surface area contributed by atoms with Gasteiger partial charge >= 0.3 is 7.69 Å². The van der Waals surface area contributed by atoms with E-state index in [-0.39, 0.29) is 11.6 Å². The standard InChI is InChI=1S/C32H25FN2.C18H12BFNO2.C14H14BrN/c1-21-10-9-11-22(2)32(21)34-29-15-6-3-12-24(29)27-20-23(18-19-28(27)33)35-30-16-7-4-13-25(30)26-14-5-8-17-31(26)35;20-15-10-9-12(11-18(15)23-19-22)21-16-7-3-1-5-13(16)14-6-2-4-8-17(14)21;1-10-6-5-7-11(2)14(10)16-13-9-4-3-8-12(13)15/h3-20,34H,1-2H3;1-11,22H;3-9,16H,1-2H3. The molecule has 2 aromatic heterocycles. The Hall–Kier alpha value is -8.44. The number of aromatic nitrogens is 2. The van der Waals surface area contributed by atoms with Crippen molar-refractivity contribution in [2.75, 3.05) is 10.6 Å². The molecule has 10 heteroatoms. The van der Waals surface area contributed by atoms with Gasteiger partial charge in [0.2, 0.25) is 0 Å². The Morgan fingerprint density at radius 1 is 0.419 bits per heavy atom. The number of hydrogen-bond acceptors (Lipinski definition) is 4. The highest BCUT2D eigenvalue weighted by molar-refractivity contribution is 9.10. The maximum atomic E-state index is 15.4. The van der Waals surface area contributed by atoms with E-state index in [1.165, 1.54) is 33.7 Å². The normalized spacial score (nSPS) is 11.0. The summed E-state index contributed by atoms with van der Waals surface area (Å²) in [7, 11) is 0.480. The molecule has 0 aliphatic carbocycles. The Morgan fingerprint density at radius 3 is 1.28 bits per heavy atom. The third-order valence-electron chi connectivity index (χ3n) is 13.3. The van der Waals surface area contributed by atoms with Crippen LogP contribution in [0.2, 0.25) is 0 Å². The molecule has 12 aromatic rings. The zero-order valence-corrected chi connectivity index (χ0v) is 42.8. The number of rotatable bonds is 9. The third kappa shape index (κ3) is 9.90. The third-order valence-corrected chi connectivity index (χ3v) is 14.0. The lowest BCUT2D eigenvalue weighted by Crippen LogP contribution is -2.03. The molecule has 0 aliphatic heterocycles. The second kappa shape index (κ2) is 21.7. The van der Waals surface area contributed by atoms with Crippen LogP contribution in [0.1, 0.15) is 22.3 Å². The summed E-state index contributed by atoms with van der Waals surface area (Å²) in [5.41, 5.74) is 16.4. The molecule has 0 bridgehead atoms. The minimum atomic E-state index is -0.528. The van der Waals surface area contributed by atoms with Crippen molar-refractivity contribution >= 4 is 90.0 Å². The van der Waals surface area contributed by atoms with E-state index in [9.17, 15) is 4.39 Å². The molecule has 363 valence electrons. The summed E-state index contributed by atoms with van der Waals surface area (Å²) in [4.78, 5) is 0. The first-order valence-corrected chi connectivity index (χ1v) is 25.1. The van der Waals surface area contributed by atoms with Crippen LogP contribution in [-0.2, 0) is 0 Å². The maximum Gasteiger partial charge on any atom is 0.569 e. The topological polar surface area (TPSA) is 63.4 Å². The summed E-state index contributed by atoms with van der Waals surface area (Å²) < 4.78 is 39.3. The van der Waals surface area contributed by atoms with Crippen LogP contribution < -0.4 is 15.3 Å². The summed E-state index contributed by atoms with van der Waals surface area (Å²) in [5, 5.41) is 20.5. The van der Waals surface area contributed by atoms with Gasteiger partial charge in [-0.15, -0.1) is 0 Å². The van der Waals surface area contributed by atoms with E-state index in [0.717, 1.165) is 82.4 Å². The SMILES string of the molecule is Cc1cccc(C)c1Nc1ccccc1-c1cc(-n2c3ccccc3c3ccccc32)ccc1F.Cc1cccc(C)c1Nc1ccccc1Br.O[B]Oc1cc(-n2c3ccccc3c3ccccc32)ccc1F. The van der Waals surface area contributed by atoms with Crippen LogP contribution in [0.5, 0.6) is 5.75 Å². The van der Waals surface area contributed by atoms with Crippen LogP contribution in [0.25, 0.3) is 66.1 Å². The first-order valence-electron chi connectivity index (χ1n) is 24.3. The molecule has 0 aliphatic rings. The number of benzene rings is 10. The Balaban J connectivity index is 0.000000138. The van der Waals surface area contributed by atoms with Crippen molar-refractivity contribution in [1.82, 2.24) is 9.13 Å². The van der Waals surface area contributed by atoms with Gasteiger partial charge in [-0.25, -0.2) is 8.78 Å². The average Bonchev–Trinajstić information content (AvgIpc) is 3.94. The van der Waals surface area contributed by atoms with Crippen molar-refractivity contribution in [3.8, 4) is 28.3 Å². The van der Waals surface area contributed by atoms with Crippen LogP contribution >= 0.6 is 15.9 Å². The van der Waals surface area contributed by atoms with Crippen LogP contribution in [-0.4, -0.2) is 21.8 Å². The van der Waals surface area contributed by atoms with Gasteiger partial charge in [0, 0.05) is 71.6 Å². The smallest absolute Gasteiger partial charge is 0.535 e. The fraction of sp³-hybridized carbons (Fsp3) is 0.0625. The highest BCUT2D eigenvalue weighted by Crippen LogP contribution is 2.38. The Kier molecular flexibility index (Phi) is 14.4. The van der Waals surface area contributed by atoms with Gasteiger partial charge in [-0.05, 0) is 139 Å². The minimum Gasteiger partial charge on any atom is -0.535 e. The fourth-order valence-electron chi connectivity index (χ4n) is 9.72. The summed E-state index contributed by atoms with van der Waals surface area (Å²) in [5.74, 6) is -0.794. The fourth-order valence-corrected chi connectivity index (χ4v) is 10.1. The number of hydrogen-bond donors (Lipinski definition) is 3. The van der Waals surface area contributed by atoms with Gasteiger partial charge in [0.25, 0.3) is 0 Å². The molecule has 2 heterocycles. The number of nitrogens with zero attached hydrogens (tertiary/aromatic N) is 2. The zero-order valence-electron chi connectivity index (χ0n) is 41.2. The lowest BCUT2D eigenvalue weighted by Gasteiger charge is -2.17. The maximum absolute atomic E-state index is 15.4. The van der Waals surface area contributed by atoms with Gasteiger partial charge in [-0.2, -0.15) is 0 Å². The van der Waals surface area contributed by atoms with Crippen molar-refractivity contribution in [3.63, 3.8) is 0 Å². The molecular weight excluding hydrogens is 985 g/mol. The highest BCUT2D eigenvalue weighted by atomic mass is 79.9. The second-order valence-corrected chi connectivity index (χ2v) is 18.9. The largest absolute Gasteiger partial charge is 0.569 e. The van der Waals surface area contributed by atoms with Gasteiger partial charge in [0.15, 0.2) is 5.82 Å². The van der Waals surface area contributed by atoms with Crippen molar-refractivity contribution in [3.05, 3.63) is 257 Å². The number of aryl methyl sites for hydroxylation is 4. The van der Waals surface area contributed by atoms with Crippen LogP contribution in [0, 0.1) is 39.3 Å². The first-order chi connectivity index (χ1) is 36.1. The van der Waals surface area contributed by atoms with Gasteiger partial charge in [0.1, 0.15) is 11.6 Å². The van der Waals surface area contributed by atoms with E-state index in [2.05, 4.69) is 150 Å². The number of nitrogens with one attached hydrogen (secondary N) is 2. The summed E-state index contributed by atoms with van der Waals surface area (Å²) in [6, 6.07) is 71.5. The van der Waals surface area contributed by atoms with E-state index >= 15 is 4.39 Å². The van der Waals surface area contributed by atoms with Crippen molar-refractivity contribution in [1.29, 1.82) is 0 Å². The summed E-state index contributed by atoms with van der Waals surface area (Å²) in [6.45, 7) is 8.40. The van der Waals surface area contributed by atoms with Gasteiger partial charge in [-0.3, -0.25) is 0 Å². The molecule has 6 nitrogen and oxygen atoms in total. The molecule has 1 radical (unpaired) electrons. The molecule has 12 rings (SSSR count). The van der Waals surface area contributed by atoms with E-state index in [1.807, 2.05) is 108 Å². The monoisotopic (exact) mass is 1040 g/mol. The first kappa shape index (κ1) is 49.2. The zero-order chi connectivity index (χ0) is 51.3. The molecule has 0 fully saturated rings. The summed E-state index contributed by atoms with van der Waals surface area (Å²) in [6.07, 6.45) is 0. The van der Waals surface area contributed by atoms with E-state index in [4.69, 9.17) is 9.68 Å². The van der Waals surface area contributed by atoms with E-state index < -0.39 is 5.82 Å². The van der Waals surface area contributed by atoms with Gasteiger partial charge in [-0.1, -0.05) is 140 Å². The molecule has 0 saturated heterocycles. The highest BCUT2D eigenvalue weighted by Gasteiger charge is 2.18. The molecule has 0 unspecified atom stereocenters. The lowest BCUT2D eigenvalue weighted by molar-refractivity contribution is 0.431. The van der Waals surface area contributed by atoms with E-state index in [1.54, 1.807) is 18.2 Å². The Labute approximate surface area is 438 Å². The van der Waals surface area contributed by atoms with Gasteiger partial charge in [0.05, 0.1) is 27.8 Å². The number of fused-ring (bicyclic) bond motifs is 6. The van der Waals surface area contributed by atoms with Crippen molar-refractivity contribution < 1.29 is 18.5 Å². The van der Waals surface area contributed by atoms with Gasteiger partial charge < -0.3 is 29.4 Å². The second-order valence-electron chi connectivity index (χ2n) is 18.1. The molecule has 3 N–H and O–H groups in total. The number of para-hydroxylation sites is 8. The molecule has 0 saturated carbocycles. The molecular formula is C64H51BBrF2N4O2. The molecule has 74 heavy (non-hydrogen) atoms. The molecule has 0 amide bonds. The minimum absolute atomic E-state index is 0.0214. The predicted octanol–water partition coefficient (Wildman–Crippen LogP) is 17.6. The molecule has 0 atom stereocenters. The van der Waals surface area contributed by atoms with E-state index in [0.29, 0.717) is 13.2 Å². The molecule has 0 spiro atoms. The van der Waals surface area contributed by atoms with Crippen LogP contribution in [0.3, 0.4) is 0 Å². The average molecular weight is 1040 g/mol. The Bertz CT molecular complexity index is 3850.